The zero-order valence-electron chi connectivity index (χ0n) is 10.6. The van der Waals surface area contributed by atoms with E-state index in [2.05, 4.69) is 10.9 Å². The molecule has 2 aromatic rings. The van der Waals surface area contributed by atoms with Crippen molar-refractivity contribution in [2.75, 3.05) is 6.61 Å². The maximum absolute atomic E-state index is 12.8. The summed E-state index contributed by atoms with van der Waals surface area (Å²) >= 11 is 6.99. The van der Waals surface area contributed by atoms with E-state index in [0.717, 1.165) is 12.1 Å². The fourth-order valence-corrected chi connectivity index (χ4v) is 2.21. The molecule has 110 valence electrons. The lowest BCUT2D eigenvalue weighted by molar-refractivity contribution is -0.123. The van der Waals surface area contributed by atoms with Crippen molar-refractivity contribution in [3.05, 3.63) is 51.4 Å². The molecule has 0 saturated carbocycles. The second-order valence-corrected chi connectivity index (χ2v) is 5.20. The Hall–Kier alpha value is -2.12. The van der Waals surface area contributed by atoms with Gasteiger partial charge in [0.2, 0.25) is 0 Å². The zero-order valence-corrected chi connectivity index (χ0v) is 12.1. The van der Waals surface area contributed by atoms with E-state index in [1.807, 2.05) is 0 Å². The Balaban J connectivity index is 1.78. The highest BCUT2D eigenvalue weighted by Crippen LogP contribution is 2.24. The average Bonchev–Trinajstić information content (AvgIpc) is 2.98. The van der Waals surface area contributed by atoms with E-state index in [-0.39, 0.29) is 17.4 Å². The first-order valence-electron chi connectivity index (χ1n) is 5.77. The molecule has 0 radical (unpaired) electrons. The highest BCUT2D eigenvalue weighted by molar-refractivity contribution is 7.12. The van der Waals surface area contributed by atoms with Crippen LogP contribution in [0.5, 0.6) is 5.75 Å². The average molecular weight is 329 g/mol. The number of hydrazine groups is 1. The summed E-state index contributed by atoms with van der Waals surface area (Å²) in [7, 11) is 0. The van der Waals surface area contributed by atoms with Crippen LogP contribution in [0.4, 0.5) is 4.39 Å². The molecule has 0 saturated heterocycles. The fraction of sp³-hybridized carbons (Fsp3) is 0.0769. The van der Waals surface area contributed by atoms with Crippen LogP contribution in [0.15, 0.2) is 35.7 Å². The summed E-state index contributed by atoms with van der Waals surface area (Å²) in [6, 6.07) is 6.90. The number of benzene rings is 1. The predicted octanol–water partition coefficient (Wildman–Crippen LogP) is 2.38. The molecule has 0 bridgehead atoms. The zero-order chi connectivity index (χ0) is 15.2. The van der Waals surface area contributed by atoms with Gasteiger partial charge in [-0.3, -0.25) is 20.4 Å². The minimum atomic E-state index is -0.569. The van der Waals surface area contributed by atoms with Gasteiger partial charge in [0, 0.05) is 0 Å². The number of rotatable bonds is 4. The van der Waals surface area contributed by atoms with Gasteiger partial charge in [-0.1, -0.05) is 17.7 Å². The van der Waals surface area contributed by atoms with Crippen molar-refractivity contribution in [3.8, 4) is 5.75 Å². The smallest absolute Gasteiger partial charge is 0.279 e. The molecule has 1 heterocycles. The number of carbonyl (C=O) groups is 2. The first kappa shape index (κ1) is 15.3. The van der Waals surface area contributed by atoms with Gasteiger partial charge in [-0.25, -0.2) is 4.39 Å². The number of halogens is 2. The van der Waals surface area contributed by atoms with Gasteiger partial charge in [-0.2, -0.15) is 0 Å². The number of thiophene rings is 1. The van der Waals surface area contributed by atoms with Gasteiger partial charge in [-0.15, -0.1) is 11.3 Å². The molecule has 0 aliphatic carbocycles. The van der Waals surface area contributed by atoms with Gasteiger partial charge in [0.25, 0.3) is 11.8 Å². The molecule has 0 aliphatic heterocycles. The number of hydrogen-bond acceptors (Lipinski definition) is 4. The van der Waals surface area contributed by atoms with Crippen LogP contribution < -0.4 is 15.6 Å². The quantitative estimate of drug-likeness (QED) is 0.847. The maximum Gasteiger partial charge on any atom is 0.279 e. The molecule has 0 spiro atoms. The van der Waals surface area contributed by atoms with Gasteiger partial charge in [-0.05, 0) is 29.6 Å². The van der Waals surface area contributed by atoms with Crippen LogP contribution in [0.2, 0.25) is 5.02 Å². The standard InChI is InChI=1S/C13H10ClFN2O3S/c14-9-6-8(15)3-4-10(9)20-7-12(18)16-17-13(19)11-2-1-5-21-11/h1-6H,7H2,(H,16,18)(H,17,19). The van der Waals surface area contributed by atoms with E-state index < -0.39 is 17.6 Å². The lowest BCUT2D eigenvalue weighted by Crippen LogP contribution is -2.43. The molecular weight excluding hydrogens is 319 g/mol. The topological polar surface area (TPSA) is 67.4 Å². The van der Waals surface area contributed by atoms with Gasteiger partial charge in [0.1, 0.15) is 11.6 Å². The Kier molecular flexibility index (Phi) is 5.13. The monoisotopic (exact) mass is 328 g/mol. The van der Waals surface area contributed by atoms with Crippen LogP contribution in [-0.4, -0.2) is 18.4 Å². The lowest BCUT2D eigenvalue weighted by Gasteiger charge is -2.09. The largest absolute Gasteiger partial charge is 0.482 e. The molecule has 2 N–H and O–H groups in total. The van der Waals surface area contributed by atoms with E-state index in [0.29, 0.717) is 4.88 Å². The summed E-state index contributed by atoms with van der Waals surface area (Å²) in [5, 5.41) is 1.81. The Morgan fingerprint density at radius 2 is 2.10 bits per heavy atom. The van der Waals surface area contributed by atoms with Gasteiger partial charge in [0.05, 0.1) is 9.90 Å². The van der Waals surface area contributed by atoms with Crippen LogP contribution in [0.1, 0.15) is 9.67 Å². The third-order valence-electron chi connectivity index (χ3n) is 2.31. The molecule has 0 aliphatic rings. The molecule has 0 atom stereocenters. The SMILES string of the molecule is O=C(COc1ccc(F)cc1Cl)NNC(=O)c1cccs1. The second kappa shape index (κ2) is 7.05. The van der Waals surface area contributed by atoms with E-state index in [4.69, 9.17) is 16.3 Å². The Bertz CT molecular complexity index is 649. The molecular formula is C13H10ClFN2O3S. The van der Waals surface area contributed by atoms with Crippen LogP contribution >= 0.6 is 22.9 Å². The first-order chi connectivity index (χ1) is 10.1. The van der Waals surface area contributed by atoms with Crippen molar-refractivity contribution in [2.45, 2.75) is 0 Å². The van der Waals surface area contributed by atoms with E-state index in [9.17, 15) is 14.0 Å². The third kappa shape index (κ3) is 4.44. The summed E-state index contributed by atoms with van der Waals surface area (Å²) in [4.78, 5) is 23.5. The molecule has 21 heavy (non-hydrogen) atoms. The Morgan fingerprint density at radius 3 is 2.76 bits per heavy atom. The van der Waals surface area contributed by atoms with E-state index >= 15 is 0 Å². The van der Waals surface area contributed by atoms with Crippen molar-refractivity contribution >= 4 is 34.8 Å². The second-order valence-electron chi connectivity index (χ2n) is 3.84. The number of amides is 2. The minimum Gasteiger partial charge on any atom is -0.482 e. The molecule has 8 heteroatoms. The molecule has 0 unspecified atom stereocenters. The Labute approximate surface area is 128 Å². The summed E-state index contributed by atoms with van der Waals surface area (Å²) in [5.74, 6) is -1.31. The molecule has 2 amide bonds. The molecule has 1 aromatic heterocycles. The summed E-state index contributed by atoms with van der Waals surface area (Å²) in [5.41, 5.74) is 4.44. The van der Waals surface area contributed by atoms with E-state index in [1.165, 1.54) is 17.4 Å². The van der Waals surface area contributed by atoms with Gasteiger partial charge >= 0.3 is 0 Å². The Morgan fingerprint density at radius 1 is 1.29 bits per heavy atom. The van der Waals surface area contributed by atoms with Crippen LogP contribution in [0.3, 0.4) is 0 Å². The molecule has 1 aromatic carbocycles. The van der Waals surface area contributed by atoms with Gasteiger partial charge in [0.15, 0.2) is 6.61 Å². The minimum absolute atomic E-state index is 0.0606. The van der Waals surface area contributed by atoms with Crippen LogP contribution in [-0.2, 0) is 4.79 Å². The van der Waals surface area contributed by atoms with Crippen molar-refractivity contribution in [2.24, 2.45) is 0 Å². The molecule has 2 rings (SSSR count). The summed E-state index contributed by atoms with van der Waals surface area (Å²) in [6.07, 6.45) is 0. The van der Waals surface area contributed by atoms with Gasteiger partial charge < -0.3 is 4.74 Å². The van der Waals surface area contributed by atoms with Crippen molar-refractivity contribution in [1.82, 2.24) is 10.9 Å². The maximum atomic E-state index is 12.8. The highest BCUT2D eigenvalue weighted by Gasteiger charge is 2.09. The predicted molar refractivity (Wildman–Crippen MR) is 76.8 cm³/mol. The molecule has 5 nitrogen and oxygen atoms in total. The number of hydrogen-bond donors (Lipinski definition) is 2. The third-order valence-corrected chi connectivity index (χ3v) is 3.48. The van der Waals surface area contributed by atoms with Crippen LogP contribution in [0.25, 0.3) is 0 Å². The van der Waals surface area contributed by atoms with Crippen molar-refractivity contribution in [3.63, 3.8) is 0 Å². The first-order valence-corrected chi connectivity index (χ1v) is 7.02. The number of nitrogens with one attached hydrogen (secondary N) is 2. The van der Waals surface area contributed by atoms with E-state index in [1.54, 1.807) is 17.5 Å². The highest BCUT2D eigenvalue weighted by atomic mass is 35.5. The summed E-state index contributed by atoms with van der Waals surface area (Å²) < 4.78 is 17.9. The fourth-order valence-electron chi connectivity index (χ4n) is 1.37. The number of ether oxygens (including phenoxy) is 1. The van der Waals surface area contributed by atoms with Crippen LogP contribution in [0, 0.1) is 5.82 Å². The van der Waals surface area contributed by atoms with Crippen molar-refractivity contribution in [1.29, 1.82) is 0 Å². The molecule has 0 fully saturated rings. The lowest BCUT2D eigenvalue weighted by atomic mass is 10.3. The normalized spacial score (nSPS) is 10.0. The summed E-state index contributed by atoms with van der Waals surface area (Å²) in [6.45, 7) is -0.365. The van der Waals surface area contributed by atoms with Crippen molar-refractivity contribution < 1.29 is 18.7 Å². The number of carbonyl (C=O) groups excluding carboxylic acids is 2.